The van der Waals surface area contributed by atoms with Crippen LogP contribution in [0.1, 0.15) is 12.5 Å². The topological polar surface area (TPSA) is 24.9 Å². The molecular weight excluding hydrogens is 299 g/mol. The normalized spacial score (nSPS) is 10.7. The highest BCUT2D eigenvalue weighted by molar-refractivity contribution is 7.99. The first-order chi connectivity index (χ1) is 9.19. The van der Waals surface area contributed by atoms with Crippen molar-refractivity contribution in [1.29, 1.82) is 0 Å². The first-order valence-corrected chi connectivity index (χ1v) is 7.55. The second kappa shape index (κ2) is 7.15. The first kappa shape index (κ1) is 14.7. The van der Waals surface area contributed by atoms with E-state index in [9.17, 15) is 0 Å². The molecular formula is C14H14Cl2N2S. The summed E-state index contributed by atoms with van der Waals surface area (Å²) < 4.78 is 0. The Kier molecular flexibility index (Phi) is 5.52. The summed E-state index contributed by atoms with van der Waals surface area (Å²) >= 11 is 13.5. The molecule has 0 bridgehead atoms. The van der Waals surface area contributed by atoms with Crippen LogP contribution in [-0.2, 0) is 6.54 Å². The molecule has 0 saturated heterocycles. The zero-order valence-corrected chi connectivity index (χ0v) is 12.8. The summed E-state index contributed by atoms with van der Waals surface area (Å²) in [6.07, 6.45) is 1.65. The molecule has 0 saturated carbocycles. The Bertz CT molecular complexity index is 544. The number of rotatable bonds is 5. The lowest BCUT2D eigenvalue weighted by Crippen LogP contribution is -2.12. The van der Waals surface area contributed by atoms with Gasteiger partial charge in [-0.2, -0.15) is 0 Å². The summed E-state index contributed by atoms with van der Waals surface area (Å²) in [7, 11) is 0. The van der Waals surface area contributed by atoms with Crippen molar-refractivity contribution in [2.24, 2.45) is 0 Å². The molecule has 0 atom stereocenters. The molecule has 0 aliphatic heterocycles. The highest BCUT2D eigenvalue weighted by atomic mass is 35.5. The van der Waals surface area contributed by atoms with E-state index < -0.39 is 0 Å². The molecule has 1 aromatic carbocycles. The minimum atomic E-state index is 0.642. The van der Waals surface area contributed by atoms with E-state index in [1.165, 1.54) is 5.56 Å². The minimum absolute atomic E-state index is 0.642. The van der Waals surface area contributed by atoms with Gasteiger partial charge >= 0.3 is 0 Å². The van der Waals surface area contributed by atoms with E-state index in [1.807, 2.05) is 30.3 Å². The third-order valence-electron chi connectivity index (χ3n) is 2.51. The highest BCUT2D eigenvalue weighted by Crippen LogP contribution is 2.31. The van der Waals surface area contributed by atoms with Gasteiger partial charge in [0.25, 0.3) is 0 Å². The van der Waals surface area contributed by atoms with Gasteiger partial charge in [-0.25, -0.2) is 4.98 Å². The quantitative estimate of drug-likeness (QED) is 0.870. The molecule has 100 valence electrons. The number of pyridine rings is 1. The predicted octanol–water partition coefficient (Wildman–Crippen LogP) is 4.65. The van der Waals surface area contributed by atoms with Gasteiger partial charge in [0.2, 0.25) is 0 Å². The molecule has 0 unspecified atom stereocenters. The minimum Gasteiger partial charge on any atom is -0.313 e. The molecule has 0 aliphatic rings. The molecule has 1 aromatic heterocycles. The maximum absolute atomic E-state index is 6.07. The Morgan fingerprint density at radius 1 is 1.16 bits per heavy atom. The van der Waals surface area contributed by atoms with Crippen LogP contribution < -0.4 is 5.32 Å². The van der Waals surface area contributed by atoms with Crippen LogP contribution in [0.2, 0.25) is 10.0 Å². The van der Waals surface area contributed by atoms with Gasteiger partial charge in [-0.1, -0.05) is 48.0 Å². The number of hydrogen-bond donors (Lipinski definition) is 1. The molecule has 1 heterocycles. The maximum Gasteiger partial charge on any atom is 0.101 e. The van der Waals surface area contributed by atoms with Gasteiger partial charge in [0.15, 0.2) is 0 Å². The molecule has 0 fully saturated rings. The van der Waals surface area contributed by atoms with E-state index in [0.717, 1.165) is 28.0 Å². The maximum atomic E-state index is 6.07. The molecule has 19 heavy (non-hydrogen) atoms. The molecule has 2 aromatic rings. The summed E-state index contributed by atoms with van der Waals surface area (Å²) in [5.41, 5.74) is 1.22. The largest absolute Gasteiger partial charge is 0.313 e. The van der Waals surface area contributed by atoms with E-state index in [-0.39, 0.29) is 0 Å². The lowest BCUT2D eigenvalue weighted by Gasteiger charge is -2.09. The van der Waals surface area contributed by atoms with Crippen LogP contribution in [0.4, 0.5) is 0 Å². The smallest absolute Gasteiger partial charge is 0.101 e. The average Bonchev–Trinajstić information content (AvgIpc) is 2.40. The van der Waals surface area contributed by atoms with Crippen LogP contribution in [0.3, 0.4) is 0 Å². The summed E-state index contributed by atoms with van der Waals surface area (Å²) in [5, 5.41) is 5.60. The lowest BCUT2D eigenvalue weighted by molar-refractivity contribution is 0.718. The monoisotopic (exact) mass is 312 g/mol. The Morgan fingerprint density at radius 2 is 1.95 bits per heavy atom. The molecule has 0 spiro atoms. The average molecular weight is 313 g/mol. The third-order valence-corrected chi connectivity index (χ3v) is 4.02. The second-order valence-corrected chi connectivity index (χ2v) is 5.88. The Labute approximate surface area is 127 Å². The Hall–Kier alpha value is -0.740. The van der Waals surface area contributed by atoms with Crippen molar-refractivity contribution in [3.8, 4) is 0 Å². The summed E-state index contributed by atoms with van der Waals surface area (Å²) in [6.45, 7) is 3.85. The molecule has 2 rings (SSSR count). The molecule has 2 nitrogen and oxygen atoms in total. The zero-order valence-electron chi connectivity index (χ0n) is 10.5. The van der Waals surface area contributed by atoms with Crippen molar-refractivity contribution in [1.82, 2.24) is 10.3 Å². The molecule has 0 amide bonds. The third kappa shape index (κ3) is 4.39. The fourth-order valence-electron chi connectivity index (χ4n) is 1.56. The molecule has 0 aliphatic carbocycles. The number of nitrogens with one attached hydrogen (secondary N) is 1. The highest BCUT2D eigenvalue weighted by Gasteiger charge is 2.06. The van der Waals surface area contributed by atoms with Crippen LogP contribution in [0.15, 0.2) is 46.5 Å². The van der Waals surface area contributed by atoms with Crippen LogP contribution in [0, 0.1) is 0 Å². The Balaban J connectivity index is 2.22. The van der Waals surface area contributed by atoms with Gasteiger partial charge in [-0.05, 0) is 36.4 Å². The van der Waals surface area contributed by atoms with Crippen molar-refractivity contribution in [3.63, 3.8) is 0 Å². The summed E-state index contributed by atoms with van der Waals surface area (Å²) in [6, 6.07) is 9.67. The van der Waals surface area contributed by atoms with Crippen LogP contribution >= 0.6 is 35.0 Å². The van der Waals surface area contributed by atoms with Gasteiger partial charge in [0.05, 0.1) is 5.02 Å². The number of nitrogens with zero attached hydrogens (tertiary/aromatic N) is 1. The van der Waals surface area contributed by atoms with Crippen molar-refractivity contribution in [2.45, 2.75) is 23.4 Å². The summed E-state index contributed by atoms with van der Waals surface area (Å²) in [4.78, 5) is 5.41. The van der Waals surface area contributed by atoms with Crippen molar-refractivity contribution < 1.29 is 0 Å². The van der Waals surface area contributed by atoms with E-state index >= 15 is 0 Å². The van der Waals surface area contributed by atoms with E-state index in [0.29, 0.717) is 5.02 Å². The second-order valence-electron chi connectivity index (χ2n) is 3.95. The van der Waals surface area contributed by atoms with Gasteiger partial charge in [-0.15, -0.1) is 0 Å². The molecule has 1 N–H and O–H groups in total. The lowest BCUT2D eigenvalue weighted by atomic mass is 10.2. The van der Waals surface area contributed by atoms with Gasteiger partial charge in [-0.3, -0.25) is 0 Å². The first-order valence-electron chi connectivity index (χ1n) is 5.97. The van der Waals surface area contributed by atoms with Crippen LogP contribution in [-0.4, -0.2) is 11.5 Å². The number of benzene rings is 1. The standard InChI is InChI=1S/C14H14Cl2N2S/c1-2-17-8-10-3-4-11(15)7-13(10)19-14-6-5-12(16)9-18-14/h3-7,9,17H,2,8H2,1H3. The SMILES string of the molecule is CCNCc1ccc(Cl)cc1Sc1ccc(Cl)cn1. The number of aromatic nitrogens is 1. The summed E-state index contributed by atoms with van der Waals surface area (Å²) in [5.74, 6) is 0. The van der Waals surface area contributed by atoms with Gasteiger partial charge in [0.1, 0.15) is 5.03 Å². The predicted molar refractivity (Wildman–Crippen MR) is 82.2 cm³/mol. The molecule has 5 heteroatoms. The Morgan fingerprint density at radius 3 is 2.63 bits per heavy atom. The van der Waals surface area contributed by atoms with E-state index in [1.54, 1.807) is 18.0 Å². The fourth-order valence-corrected chi connectivity index (χ4v) is 2.84. The van der Waals surface area contributed by atoms with Crippen molar-refractivity contribution in [3.05, 3.63) is 52.1 Å². The fraction of sp³-hybridized carbons (Fsp3) is 0.214. The zero-order chi connectivity index (χ0) is 13.7. The molecule has 0 radical (unpaired) electrons. The number of hydrogen-bond acceptors (Lipinski definition) is 3. The van der Waals surface area contributed by atoms with Crippen LogP contribution in [0.5, 0.6) is 0 Å². The van der Waals surface area contributed by atoms with Gasteiger partial charge < -0.3 is 5.32 Å². The van der Waals surface area contributed by atoms with E-state index in [2.05, 4.69) is 17.2 Å². The van der Waals surface area contributed by atoms with Crippen molar-refractivity contribution in [2.75, 3.05) is 6.54 Å². The van der Waals surface area contributed by atoms with Gasteiger partial charge in [0, 0.05) is 22.7 Å². The van der Waals surface area contributed by atoms with Crippen LogP contribution in [0.25, 0.3) is 0 Å². The van der Waals surface area contributed by atoms with Crippen molar-refractivity contribution >= 4 is 35.0 Å². The van der Waals surface area contributed by atoms with E-state index in [4.69, 9.17) is 23.2 Å². The number of halogens is 2.